The van der Waals surface area contributed by atoms with Crippen molar-refractivity contribution in [3.63, 3.8) is 0 Å². The van der Waals surface area contributed by atoms with Gasteiger partial charge in [-0.15, -0.1) is 0 Å². The highest BCUT2D eigenvalue weighted by atomic mass is 16.3. The Morgan fingerprint density at radius 1 is 1.23 bits per heavy atom. The first-order valence-electron chi connectivity index (χ1n) is 10.7. The number of hydrogen-bond acceptors (Lipinski definition) is 3. The third-order valence-electron chi connectivity index (χ3n) is 5.74. The lowest BCUT2D eigenvalue weighted by molar-refractivity contribution is 0.150. The van der Waals surface area contributed by atoms with Crippen molar-refractivity contribution in [1.82, 2.24) is 15.5 Å². The van der Waals surface area contributed by atoms with Gasteiger partial charge in [0.15, 0.2) is 5.96 Å². The standard InChI is InChI=1S/C21H36N4O/c1-2-3-13-22-21(23-14-10-20-9-6-17-26-20)24-18-11-15-25(16-12-18)19-7-4-5-8-19/h6,9,17-19H,2-5,7-8,10-16H2,1H3,(H2,22,23,24). The molecule has 146 valence electrons. The lowest BCUT2D eigenvalue weighted by atomic mass is 10.0. The summed E-state index contributed by atoms with van der Waals surface area (Å²) in [4.78, 5) is 7.50. The molecule has 0 radical (unpaired) electrons. The Kier molecular flexibility index (Phi) is 7.87. The van der Waals surface area contributed by atoms with Crippen LogP contribution in [0.3, 0.4) is 0 Å². The highest BCUT2D eigenvalue weighted by Gasteiger charge is 2.27. The van der Waals surface area contributed by atoms with Crippen molar-refractivity contribution >= 4 is 5.96 Å². The summed E-state index contributed by atoms with van der Waals surface area (Å²) < 4.78 is 5.42. The van der Waals surface area contributed by atoms with Crippen LogP contribution in [0.5, 0.6) is 0 Å². The van der Waals surface area contributed by atoms with Crippen molar-refractivity contribution in [3.8, 4) is 0 Å². The van der Waals surface area contributed by atoms with Crippen molar-refractivity contribution in [1.29, 1.82) is 0 Å². The Hall–Kier alpha value is -1.49. The number of nitrogens with one attached hydrogen (secondary N) is 2. The van der Waals surface area contributed by atoms with Crippen LogP contribution in [-0.2, 0) is 6.42 Å². The van der Waals surface area contributed by atoms with E-state index >= 15 is 0 Å². The van der Waals surface area contributed by atoms with Crippen LogP contribution in [0.4, 0.5) is 0 Å². The number of unbranched alkanes of at least 4 members (excludes halogenated alkanes) is 1. The summed E-state index contributed by atoms with van der Waals surface area (Å²) in [6, 6.07) is 5.38. The number of furan rings is 1. The van der Waals surface area contributed by atoms with Gasteiger partial charge >= 0.3 is 0 Å². The van der Waals surface area contributed by atoms with Crippen LogP contribution in [0.15, 0.2) is 27.8 Å². The van der Waals surface area contributed by atoms with Crippen LogP contribution in [0.2, 0.25) is 0 Å². The second-order valence-electron chi connectivity index (χ2n) is 7.73. The Morgan fingerprint density at radius 2 is 2.04 bits per heavy atom. The molecule has 0 unspecified atom stereocenters. The zero-order valence-electron chi connectivity index (χ0n) is 16.4. The van der Waals surface area contributed by atoms with Crippen molar-refractivity contribution in [2.45, 2.75) is 76.8 Å². The smallest absolute Gasteiger partial charge is 0.191 e. The molecule has 1 aliphatic carbocycles. The lowest BCUT2D eigenvalue weighted by Crippen LogP contribution is -2.50. The fraction of sp³-hybridized carbons (Fsp3) is 0.762. The highest BCUT2D eigenvalue weighted by molar-refractivity contribution is 5.80. The first kappa shape index (κ1) is 19.3. The fourth-order valence-electron chi connectivity index (χ4n) is 4.13. The van der Waals surface area contributed by atoms with Gasteiger partial charge in [0.2, 0.25) is 0 Å². The SMILES string of the molecule is CCCCN=C(NCCc1ccco1)NC1CCN(C2CCCC2)CC1. The Morgan fingerprint density at radius 3 is 2.73 bits per heavy atom. The molecule has 0 amide bonds. The molecule has 2 fully saturated rings. The molecule has 1 aromatic rings. The molecule has 3 rings (SSSR count). The largest absolute Gasteiger partial charge is 0.469 e. The van der Waals surface area contributed by atoms with E-state index in [1.807, 2.05) is 12.1 Å². The summed E-state index contributed by atoms with van der Waals surface area (Å²) in [6.07, 6.45) is 13.1. The third kappa shape index (κ3) is 6.04. The minimum atomic E-state index is 0.546. The minimum absolute atomic E-state index is 0.546. The number of guanidine groups is 1. The third-order valence-corrected chi connectivity index (χ3v) is 5.74. The molecule has 26 heavy (non-hydrogen) atoms. The minimum Gasteiger partial charge on any atom is -0.469 e. The molecule has 2 aliphatic rings. The van der Waals surface area contributed by atoms with Gasteiger partial charge in [-0.3, -0.25) is 4.99 Å². The van der Waals surface area contributed by atoms with E-state index in [9.17, 15) is 0 Å². The van der Waals surface area contributed by atoms with E-state index in [2.05, 4.69) is 22.5 Å². The van der Waals surface area contributed by atoms with Gasteiger partial charge in [-0.05, 0) is 44.2 Å². The predicted molar refractivity (Wildman–Crippen MR) is 108 cm³/mol. The van der Waals surface area contributed by atoms with E-state index in [1.165, 1.54) is 58.0 Å². The Balaban J connectivity index is 1.43. The van der Waals surface area contributed by atoms with Crippen LogP contribution in [-0.4, -0.2) is 49.1 Å². The van der Waals surface area contributed by atoms with Gasteiger partial charge in [-0.1, -0.05) is 26.2 Å². The van der Waals surface area contributed by atoms with Crippen LogP contribution in [0, 0.1) is 0 Å². The topological polar surface area (TPSA) is 52.8 Å². The first-order chi connectivity index (χ1) is 12.8. The van der Waals surface area contributed by atoms with Gasteiger partial charge in [-0.25, -0.2) is 0 Å². The van der Waals surface area contributed by atoms with Gasteiger partial charge in [-0.2, -0.15) is 0 Å². The highest BCUT2D eigenvalue weighted by Crippen LogP contribution is 2.26. The van der Waals surface area contributed by atoms with Gasteiger partial charge in [0.1, 0.15) is 5.76 Å². The Labute approximate surface area is 158 Å². The molecular weight excluding hydrogens is 324 g/mol. The second kappa shape index (κ2) is 10.6. The van der Waals surface area contributed by atoms with E-state index in [0.29, 0.717) is 6.04 Å². The summed E-state index contributed by atoms with van der Waals surface area (Å²) in [5.74, 6) is 2.00. The molecule has 1 saturated carbocycles. The van der Waals surface area contributed by atoms with Gasteiger partial charge in [0.05, 0.1) is 6.26 Å². The fourth-order valence-corrected chi connectivity index (χ4v) is 4.13. The molecule has 5 nitrogen and oxygen atoms in total. The maximum absolute atomic E-state index is 5.42. The van der Waals surface area contributed by atoms with Crippen molar-refractivity contribution < 1.29 is 4.42 Å². The van der Waals surface area contributed by atoms with Crippen molar-refractivity contribution in [2.75, 3.05) is 26.2 Å². The van der Waals surface area contributed by atoms with Crippen LogP contribution in [0.25, 0.3) is 0 Å². The lowest BCUT2D eigenvalue weighted by Gasteiger charge is -2.36. The van der Waals surface area contributed by atoms with E-state index in [0.717, 1.165) is 43.7 Å². The number of hydrogen-bond donors (Lipinski definition) is 2. The van der Waals surface area contributed by atoms with E-state index in [-0.39, 0.29) is 0 Å². The summed E-state index contributed by atoms with van der Waals surface area (Å²) in [6.45, 7) is 6.43. The molecule has 0 atom stereocenters. The maximum atomic E-state index is 5.42. The van der Waals surface area contributed by atoms with Gasteiger partial charge in [0.25, 0.3) is 0 Å². The summed E-state index contributed by atoms with van der Waals surface area (Å²) in [5, 5.41) is 7.18. The molecule has 0 aromatic carbocycles. The number of rotatable bonds is 8. The van der Waals surface area contributed by atoms with Gasteiger partial charge in [0, 0.05) is 44.7 Å². The van der Waals surface area contributed by atoms with E-state index in [1.54, 1.807) is 6.26 Å². The molecule has 1 saturated heterocycles. The maximum Gasteiger partial charge on any atom is 0.191 e. The van der Waals surface area contributed by atoms with Crippen LogP contribution >= 0.6 is 0 Å². The molecule has 2 N–H and O–H groups in total. The first-order valence-corrected chi connectivity index (χ1v) is 10.7. The number of aliphatic imine (C=N–C) groups is 1. The molecule has 1 aromatic heterocycles. The van der Waals surface area contributed by atoms with E-state index < -0.39 is 0 Å². The summed E-state index contributed by atoms with van der Waals surface area (Å²) in [7, 11) is 0. The van der Waals surface area contributed by atoms with E-state index in [4.69, 9.17) is 9.41 Å². The molecule has 2 heterocycles. The zero-order valence-corrected chi connectivity index (χ0v) is 16.4. The summed E-state index contributed by atoms with van der Waals surface area (Å²) >= 11 is 0. The molecule has 1 aliphatic heterocycles. The average Bonchev–Trinajstić information content (AvgIpc) is 3.36. The average molecular weight is 361 g/mol. The van der Waals surface area contributed by atoms with Crippen LogP contribution < -0.4 is 10.6 Å². The van der Waals surface area contributed by atoms with Crippen molar-refractivity contribution in [2.24, 2.45) is 4.99 Å². The number of likely N-dealkylation sites (tertiary alicyclic amines) is 1. The zero-order chi connectivity index (χ0) is 18.0. The van der Waals surface area contributed by atoms with Crippen LogP contribution in [0.1, 0.15) is 64.1 Å². The monoisotopic (exact) mass is 360 g/mol. The Bertz CT molecular complexity index is 514. The molecule has 0 spiro atoms. The van der Waals surface area contributed by atoms with Crippen molar-refractivity contribution in [3.05, 3.63) is 24.2 Å². The molecule has 0 bridgehead atoms. The van der Waals surface area contributed by atoms with Gasteiger partial charge < -0.3 is 20.0 Å². The number of piperidine rings is 1. The summed E-state index contributed by atoms with van der Waals surface area (Å²) in [5.41, 5.74) is 0. The number of nitrogens with zero attached hydrogens (tertiary/aromatic N) is 2. The quantitative estimate of drug-likeness (QED) is 0.423. The predicted octanol–water partition coefficient (Wildman–Crippen LogP) is 3.56. The normalized spacial score (nSPS) is 20.6. The molecular formula is C21H36N4O. The molecule has 5 heteroatoms. The second-order valence-corrected chi connectivity index (χ2v) is 7.73.